The maximum atomic E-state index is 11.9. The lowest BCUT2D eigenvalue weighted by Crippen LogP contribution is -2.41. The highest BCUT2D eigenvalue weighted by atomic mass is 79.9. The van der Waals surface area contributed by atoms with Gasteiger partial charge in [0.05, 0.1) is 11.9 Å². The Balaban J connectivity index is 2.86. The third-order valence-electron chi connectivity index (χ3n) is 2.48. The van der Waals surface area contributed by atoms with Gasteiger partial charge in [0.15, 0.2) is 0 Å². The maximum absolute atomic E-state index is 11.9. The molecule has 1 heterocycles. The number of amides is 1. The summed E-state index contributed by atoms with van der Waals surface area (Å²) in [5.41, 5.74) is 0.296. The van der Waals surface area contributed by atoms with Crippen LogP contribution in [0.25, 0.3) is 0 Å². The van der Waals surface area contributed by atoms with Gasteiger partial charge in [-0.05, 0) is 43.6 Å². The Morgan fingerprint density at radius 1 is 1.47 bits per heavy atom. The Hall–Kier alpha value is -1.37. The smallest absolute Gasteiger partial charge is 0.283 e. The summed E-state index contributed by atoms with van der Waals surface area (Å²) >= 11 is 3.23. The summed E-state index contributed by atoms with van der Waals surface area (Å²) in [5.74, 6) is -0.124. The minimum atomic E-state index is -0.447. The van der Waals surface area contributed by atoms with E-state index in [1.807, 2.05) is 20.8 Å². The number of carbonyl (C=O) groups is 1. The van der Waals surface area contributed by atoms with E-state index in [1.165, 1.54) is 10.9 Å². The zero-order chi connectivity index (χ0) is 14.6. The zero-order valence-corrected chi connectivity index (χ0v) is 13.1. The van der Waals surface area contributed by atoms with Crippen LogP contribution < -0.4 is 16.2 Å². The SMILES string of the molecule is CCn1ncc(NC(C)C(=O)NC(C)C)c(Br)c1=O. The molecule has 1 rings (SSSR count). The van der Waals surface area contributed by atoms with Crippen molar-refractivity contribution in [2.24, 2.45) is 0 Å². The van der Waals surface area contributed by atoms with E-state index in [1.54, 1.807) is 6.92 Å². The molecule has 0 fully saturated rings. The van der Waals surface area contributed by atoms with Crippen molar-refractivity contribution in [3.05, 3.63) is 21.0 Å². The van der Waals surface area contributed by atoms with E-state index < -0.39 is 6.04 Å². The molecule has 0 aliphatic heterocycles. The van der Waals surface area contributed by atoms with E-state index in [4.69, 9.17) is 0 Å². The minimum Gasteiger partial charge on any atom is -0.372 e. The molecule has 2 N–H and O–H groups in total. The second-order valence-corrected chi connectivity index (χ2v) is 5.32. The normalized spacial score (nSPS) is 12.3. The number of aromatic nitrogens is 2. The van der Waals surface area contributed by atoms with Crippen LogP contribution in [-0.2, 0) is 11.3 Å². The standard InChI is InChI=1S/C12H19BrN4O2/c1-5-17-12(19)10(13)9(6-14-17)16-8(4)11(18)15-7(2)3/h6-8,16H,5H2,1-4H3,(H,15,18). The monoisotopic (exact) mass is 330 g/mol. The summed E-state index contributed by atoms with van der Waals surface area (Å²) in [6.45, 7) is 7.86. The largest absolute Gasteiger partial charge is 0.372 e. The first-order valence-corrected chi connectivity index (χ1v) is 6.98. The first kappa shape index (κ1) is 15.7. The lowest BCUT2D eigenvalue weighted by atomic mass is 10.2. The number of nitrogens with zero attached hydrogens (tertiary/aromatic N) is 2. The molecular formula is C12H19BrN4O2. The first-order chi connectivity index (χ1) is 8.86. The molecule has 1 amide bonds. The average Bonchev–Trinajstić information content (AvgIpc) is 2.34. The van der Waals surface area contributed by atoms with Crippen molar-refractivity contribution in [1.29, 1.82) is 0 Å². The van der Waals surface area contributed by atoms with E-state index >= 15 is 0 Å². The number of carbonyl (C=O) groups excluding carboxylic acids is 1. The summed E-state index contributed by atoms with van der Waals surface area (Å²) in [4.78, 5) is 23.6. The van der Waals surface area contributed by atoms with Crippen LogP contribution in [0.4, 0.5) is 5.69 Å². The molecule has 0 aromatic carbocycles. The minimum absolute atomic E-state index is 0.0754. The molecule has 1 atom stereocenters. The van der Waals surface area contributed by atoms with Crippen molar-refractivity contribution in [3.63, 3.8) is 0 Å². The van der Waals surface area contributed by atoms with E-state index in [9.17, 15) is 9.59 Å². The number of hydrogen-bond donors (Lipinski definition) is 2. The third kappa shape index (κ3) is 4.05. The number of anilines is 1. The molecule has 1 aromatic rings. The van der Waals surface area contributed by atoms with Gasteiger partial charge in [0.25, 0.3) is 5.56 Å². The van der Waals surface area contributed by atoms with Gasteiger partial charge in [-0.1, -0.05) is 0 Å². The van der Waals surface area contributed by atoms with Crippen LogP contribution in [0.2, 0.25) is 0 Å². The Morgan fingerprint density at radius 2 is 2.11 bits per heavy atom. The molecule has 0 saturated heterocycles. The zero-order valence-electron chi connectivity index (χ0n) is 11.5. The molecule has 0 aliphatic carbocycles. The fourth-order valence-electron chi connectivity index (χ4n) is 1.50. The van der Waals surface area contributed by atoms with Gasteiger partial charge in [-0.2, -0.15) is 5.10 Å². The van der Waals surface area contributed by atoms with Gasteiger partial charge in [0.1, 0.15) is 10.5 Å². The van der Waals surface area contributed by atoms with Crippen LogP contribution >= 0.6 is 15.9 Å². The average molecular weight is 331 g/mol. The van der Waals surface area contributed by atoms with Gasteiger partial charge in [0.2, 0.25) is 5.91 Å². The molecule has 106 valence electrons. The second kappa shape index (κ2) is 6.70. The molecule has 0 spiro atoms. The summed E-state index contributed by atoms with van der Waals surface area (Å²) in [6.07, 6.45) is 1.54. The molecule has 0 aliphatic rings. The fraction of sp³-hybridized carbons (Fsp3) is 0.583. The highest BCUT2D eigenvalue weighted by Gasteiger charge is 2.16. The first-order valence-electron chi connectivity index (χ1n) is 6.19. The van der Waals surface area contributed by atoms with Crippen molar-refractivity contribution in [2.45, 2.75) is 46.3 Å². The summed E-state index contributed by atoms with van der Waals surface area (Å²) in [5, 5.41) is 9.78. The van der Waals surface area contributed by atoms with Crippen LogP contribution in [0.3, 0.4) is 0 Å². The van der Waals surface area contributed by atoms with Gasteiger partial charge in [0, 0.05) is 12.6 Å². The number of aryl methyl sites for hydroxylation is 1. The van der Waals surface area contributed by atoms with Crippen molar-refractivity contribution in [1.82, 2.24) is 15.1 Å². The van der Waals surface area contributed by atoms with Crippen LogP contribution in [-0.4, -0.2) is 27.8 Å². The molecule has 0 radical (unpaired) electrons. The molecule has 1 aromatic heterocycles. The topological polar surface area (TPSA) is 76.0 Å². The van der Waals surface area contributed by atoms with E-state index in [-0.39, 0.29) is 17.5 Å². The van der Waals surface area contributed by atoms with Crippen molar-refractivity contribution in [2.75, 3.05) is 5.32 Å². The predicted molar refractivity (Wildman–Crippen MR) is 78.2 cm³/mol. The predicted octanol–water partition coefficient (Wildman–Crippen LogP) is 1.35. The lowest BCUT2D eigenvalue weighted by Gasteiger charge is -2.17. The summed E-state index contributed by atoms with van der Waals surface area (Å²) in [7, 11) is 0. The van der Waals surface area contributed by atoms with Gasteiger partial charge < -0.3 is 10.6 Å². The number of hydrogen-bond acceptors (Lipinski definition) is 4. The second-order valence-electron chi connectivity index (χ2n) is 4.52. The highest BCUT2D eigenvalue weighted by molar-refractivity contribution is 9.10. The van der Waals surface area contributed by atoms with Gasteiger partial charge in [-0.25, -0.2) is 4.68 Å². The molecule has 19 heavy (non-hydrogen) atoms. The van der Waals surface area contributed by atoms with Gasteiger partial charge >= 0.3 is 0 Å². The molecular weight excluding hydrogens is 312 g/mol. The van der Waals surface area contributed by atoms with Gasteiger partial charge in [-0.3, -0.25) is 9.59 Å². The van der Waals surface area contributed by atoms with Crippen molar-refractivity contribution in [3.8, 4) is 0 Å². The third-order valence-corrected chi connectivity index (χ3v) is 3.25. The number of rotatable bonds is 5. The quantitative estimate of drug-likeness (QED) is 0.854. The molecule has 0 bridgehead atoms. The lowest BCUT2D eigenvalue weighted by molar-refractivity contribution is -0.122. The highest BCUT2D eigenvalue weighted by Crippen LogP contribution is 2.17. The Kier molecular flexibility index (Phi) is 5.53. The summed E-state index contributed by atoms with van der Waals surface area (Å²) in [6, 6.07) is -0.371. The Morgan fingerprint density at radius 3 is 2.63 bits per heavy atom. The van der Waals surface area contributed by atoms with Crippen LogP contribution in [0.5, 0.6) is 0 Å². The number of halogens is 1. The van der Waals surface area contributed by atoms with E-state index in [0.717, 1.165) is 0 Å². The molecule has 0 saturated carbocycles. The van der Waals surface area contributed by atoms with Gasteiger partial charge in [-0.15, -0.1) is 0 Å². The number of nitrogens with one attached hydrogen (secondary N) is 2. The van der Waals surface area contributed by atoms with Crippen LogP contribution in [0.1, 0.15) is 27.7 Å². The van der Waals surface area contributed by atoms with E-state index in [2.05, 4.69) is 31.7 Å². The van der Waals surface area contributed by atoms with E-state index in [0.29, 0.717) is 16.7 Å². The van der Waals surface area contributed by atoms with Crippen LogP contribution in [0, 0.1) is 0 Å². The Labute approximate surface area is 120 Å². The molecule has 1 unspecified atom stereocenters. The summed E-state index contributed by atoms with van der Waals surface area (Å²) < 4.78 is 1.72. The molecule has 7 heteroatoms. The van der Waals surface area contributed by atoms with Crippen molar-refractivity contribution >= 4 is 27.5 Å². The van der Waals surface area contributed by atoms with Crippen LogP contribution in [0.15, 0.2) is 15.5 Å². The Bertz CT molecular complexity index is 513. The maximum Gasteiger partial charge on any atom is 0.283 e. The van der Waals surface area contributed by atoms with Crippen molar-refractivity contribution < 1.29 is 4.79 Å². The fourth-order valence-corrected chi connectivity index (χ4v) is 1.92. The molecule has 6 nitrogen and oxygen atoms in total.